The summed E-state index contributed by atoms with van der Waals surface area (Å²) in [6.07, 6.45) is 0.361. The standard InChI is InChI=1S/C13H18O3/c1-4-15-13(14)9-11-7-5-6-8-12(11)16-10(2)3/h5-8,10H,4,9H2,1-3H3. The first-order valence-electron chi connectivity index (χ1n) is 5.53. The maximum atomic E-state index is 11.4. The van der Waals surface area contributed by atoms with Crippen LogP contribution in [0.4, 0.5) is 0 Å². The summed E-state index contributed by atoms with van der Waals surface area (Å²) in [5.74, 6) is 0.535. The molecule has 0 atom stereocenters. The summed E-state index contributed by atoms with van der Waals surface area (Å²) < 4.78 is 10.5. The van der Waals surface area contributed by atoms with Crippen LogP contribution < -0.4 is 4.74 Å². The zero-order valence-corrected chi connectivity index (χ0v) is 10.0. The van der Waals surface area contributed by atoms with E-state index in [1.807, 2.05) is 38.1 Å². The third-order valence-corrected chi connectivity index (χ3v) is 1.98. The lowest BCUT2D eigenvalue weighted by Gasteiger charge is -2.13. The van der Waals surface area contributed by atoms with E-state index in [9.17, 15) is 4.79 Å². The number of benzene rings is 1. The summed E-state index contributed by atoms with van der Waals surface area (Å²) in [7, 11) is 0. The van der Waals surface area contributed by atoms with Crippen LogP contribution in [0.2, 0.25) is 0 Å². The average molecular weight is 222 g/mol. The molecule has 0 N–H and O–H groups in total. The highest BCUT2D eigenvalue weighted by atomic mass is 16.5. The van der Waals surface area contributed by atoms with Crippen molar-refractivity contribution in [3.8, 4) is 5.75 Å². The molecule has 3 heteroatoms. The maximum absolute atomic E-state index is 11.4. The van der Waals surface area contributed by atoms with Gasteiger partial charge in [0.2, 0.25) is 0 Å². The highest BCUT2D eigenvalue weighted by Gasteiger charge is 2.09. The lowest BCUT2D eigenvalue weighted by atomic mass is 10.1. The van der Waals surface area contributed by atoms with E-state index >= 15 is 0 Å². The largest absolute Gasteiger partial charge is 0.491 e. The first-order chi connectivity index (χ1) is 7.63. The fourth-order valence-electron chi connectivity index (χ4n) is 1.39. The molecule has 1 aromatic rings. The molecule has 1 aromatic carbocycles. The van der Waals surface area contributed by atoms with Gasteiger partial charge in [-0.1, -0.05) is 18.2 Å². The Morgan fingerprint density at radius 1 is 1.31 bits per heavy atom. The normalized spacial score (nSPS) is 10.2. The van der Waals surface area contributed by atoms with Crippen molar-refractivity contribution in [1.29, 1.82) is 0 Å². The number of carbonyl (C=O) groups is 1. The maximum Gasteiger partial charge on any atom is 0.310 e. The van der Waals surface area contributed by atoms with Crippen LogP contribution in [0.25, 0.3) is 0 Å². The van der Waals surface area contributed by atoms with Crippen LogP contribution in [0.5, 0.6) is 5.75 Å². The van der Waals surface area contributed by atoms with Gasteiger partial charge < -0.3 is 9.47 Å². The molecular weight excluding hydrogens is 204 g/mol. The van der Waals surface area contributed by atoms with Gasteiger partial charge in [-0.2, -0.15) is 0 Å². The van der Waals surface area contributed by atoms with Gasteiger partial charge in [0.05, 0.1) is 19.1 Å². The van der Waals surface area contributed by atoms with E-state index in [4.69, 9.17) is 9.47 Å². The second kappa shape index (κ2) is 6.16. The molecule has 0 aliphatic rings. The van der Waals surface area contributed by atoms with E-state index in [1.54, 1.807) is 6.92 Å². The summed E-state index contributed by atoms with van der Waals surface area (Å²) in [5, 5.41) is 0. The van der Waals surface area contributed by atoms with Gasteiger partial charge >= 0.3 is 5.97 Å². The topological polar surface area (TPSA) is 35.5 Å². The molecule has 0 amide bonds. The molecule has 0 aliphatic heterocycles. The predicted molar refractivity (Wildman–Crippen MR) is 62.5 cm³/mol. The highest BCUT2D eigenvalue weighted by Crippen LogP contribution is 2.20. The Morgan fingerprint density at radius 3 is 2.62 bits per heavy atom. The van der Waals surface area contributed by atoms with Gasteiger partial charge in [0, 0.05) is 5.56 Å². The molecule has 0 fully saturated rings. The van der Waals surface area contributed by atoms with Gasteiger partial charge in [-0.25, -0.2) is 0 Å². The highest BCUT2D eigenvalue weighted by molar-refractivity contribution is 5.73. The van der Waals surface area contributed by atoms with Crippen molar-refractivity contribution in [3.05, 3.63) is 29.8 Å². The Morgan fingerprint density at radius 2 is 2.00 bits per heavy atom. The second-order valence-electron chi connectivity index (χ2n) is 3.76. The van der Waals surface area contributed by atoms with Gasteiger partial charge in [0.1, 0.15) is 5.75 Å². The molecule has 0 heterocycles. The van der Waals surface area contributed by atoms with Gasteiger partial charge in [-0.05, 0) is 26.8 Å². The van der Waals surface area contributed by atoms with Gasteiger partial charge in [-0.15, -0.1) is 0 Å². The number of hydrogen-bond acceptors (Lipinski definition) is 3. The van der Waals surface area contributed by atoms with Crippen molar-refractivity contribution in [2.45, 2.75) is 33.3 Å². The van der Waals surface area contributed by atoms with Crippen molar-refractivity contribution in [3.63, 3.8) is 0 Å². The second-order valence-corrected chi connectivity index (χ2v) is 3.76. The van der Waals surface area contributed by atoms with E-state index in [0.717, 1.165) is 11.3 Å². The van der Waals surface area contributed by atoms with Crippen molar-refractivity contribution in [1.82, 2.24) is 0 Å². The van der Waals surface area contributed by atoms with Crippen molar-refractivity contribution in [2.24, 2.45) is 0 Å². The molecule has 0 spiro atoms. The SMILES string of the molecule is CCOC(=O)Cc1ccccc1OC(C)C. The monoisotopic (exact) mass is 222 g/mol. The fourth-order valence-corrected chi connectivity index (χ4v) is 1.39. The van der Waals surface area contributed by atoms with Crippen LogP contribution in [-0.2, 0) is 16.0 Å². The number of esters is 1. The zero-order chi connectivity index (χ0) is 12.0. The van der Waals surface area contributed by atoms with Crippen molar-refractivity contribution >= 4 is 5.97 Å². The number of para-hydroxylation sites is 1. The molecule has 0 unspecified atom stereocenters. The van der Waals surface area contributed by atoms with Crippen LogP contribution in [0.15, 0.2) is 24.3 Å². The Hall–Kier alpha value is -1.51. The van der Waals surface area contributed by atoms with E-state index < -0.39 is 0 Å². The summed E-state index contributed by atoms with van der Waals surface area (Å²) in [5.41, 5.74) is 0.870. The lowest BCUT2D eigenvalue weighted by molar-refractivity contribution is -0.142. The Kier molecular flexibility index (Phi) is 4.83. The van der Waals surface area contributed by atoms with Crippen LogP contribution in [0.1, 0.15) is 26.3 Å². The zero-order valence-electron chi connectivity index (χ0n) is 10.0. The molecule has 0 aliphatic carbocycles. The number of ether oxygens (including phenoxy) is 2. The lowest BCUT2D eigenvalue weighted by Crippen LogP contribution is -2.11. The third kappa shape index (κ3) is 3.93. The van der Waals surface area contributed by atoms with Crippen molar-refractivity contribution in [2.75, 3.05) is 6.61 Å². The third-order valence-electron chi connectivity index (χ3n) is 1.98. The van der Waals surface area contributed by atoms with Gasteiger partial charge in [0.25, 0.3) is 0 Å². The van der Waals surface area contributed by atoms with Gasteiger partial charge in [0.15, 0.2) is 0 Å². The quantitative estimate of drug-likeness (QED) is 0.718. The Balaban J connectivity index is 2.74. The summed E-state index contributed by atoms with van der Waals surface area (Å²) in [6, 6.07) is 7.54. The first kappa shape index (κ1) is 12.6. The van der Waals surface area contributed by atoms with E-state index in [0.29, 0.717) is 6.61 Å². The number of rotatable bonds is 5. The molecular formula is C13H18O3. The molecule has 0 bridgehead atoms. The summed E-state index contributed by atoms with van der Waals surface area (Å²) >= 11 is 0. The van der Waals surface area contributed by atoms with E-state index in [1.165, 1.54) is 0 Å². The van der Waals surface area contributed by atoms with Crippen molar-refractivity contribution < 1.29 is 14.3 Å². The van der Waals surface area contributed by atoms with E-state index in [2.05, 4.69) is 0 Å². The minimum Gasteiger partial charge on any atom is -0.491 e. The molecule has 1 rings (SSSR count). The first-order valence-corrected chi connectivity index (χ1v) is 5.53. The van der Waals surface area contributed by atoms with Gasteiger partial charge in [-0.3, -0.25) is 4.79 Å². The minimum atomic E-state index is -0.220. The minimum absolute atomic E-state index is 0.100. The predicted octanol–water partition coefficient (Wildman–Crippen LogP) is 2.58. The number of hydrogen-bond donors (Lipinski definition) is 0. The van der Waals surface area contributed by atoms with Crippen LogP contribution in [0, 0.1) is 0 Å². The smallest absolute Gasteiger partial charge is 0.310 e. The van der Waals surface area contributed by atoms with Crippen LogP contribution >= 0.6 is 0 Å². The van der Waals surface area contributed by atoms with E-state index in [-0.39, 0.29) is 18.5 Å². The Labute approximate surface area is 96.4 Å². The molecule has 0 aromatic heterocycles. The number of carbonyl (C=O) groups excluding carboxylic acids is 1. The fraction of sp³-hybridized carbons (Fsp3) is 0.462. The molecule has 0 saturated carbocycles. The van der Waals surface area contributed by atoms with Crippen LogP contribution in [0.3, 0.4) is 0 Å². The average Bonchev–Trinajstić information content (AvgIpc) is 2.20. The Bertz CT molecular complexity index is 345. The molecule has 3 nitrogen and oxygen atoms in total. The van der Waals surface area contributed by atoms with Crippen LogP contribution in [-0.4, -0.2) is 18.7 Å². The summed E-state index contributed by atoms with van der Waals surface area (Å²) in [4.78, 5) is 11.4. The molecule has 0 radical (unpaired) electrons. The molecule has 88 valence electrons. The molecule has 16 heavy (non-hydrogen) atoms. The molecule has 0 saturated heterocycles. The summed E-state index contributed by atoms with van der Waals surface area (Å²) in [6.45, 7) is 6.13.